The van der Waals surface area contributed by atoms with Gasteiger partial charge in [0.25, 0.3) is 5.91 Å². The fourth-order valence-electron chi connectivity index (χ4n) is 2.45. The van der Waals surface area contributed by atoms with E-state index in [0.717, 1.165) is 18.2 Å². The van der Waals surface area contributed by atoms with Gasteiger partial charge in [0.1, 0.15) is 23.2 Å². The highest BCUT2D eigenvalue weighted by Crippen LogP contribution is 2.45. The van der Waals surface area contributed by atoms with Crippen molar-refractivity contribution in [1.29, 1.82) is 0 Å². The summed E-state index contributed by atoms with van der Waals surface area (Å²) in [5.74, 6) is -5.02. The van der Waals surface area contributed by atoms with Crippen molar-refractivity contribution < 1.29 is 28.3 Å². The van der Waals surface area contributed by atoms with Gasteiger partial charge in [-0.2, -0.15) is 0 Å². The van der Waals surface area contributed by atoms with Crippen LogP contribution in [0.3, 0.4) is 0 Å². The Morgan fingerprint density at radius 2 is 1.76 bits per heavy atom. The van der Waals surface area contributed by atoms with Crippen molar-refractivity contribution in [3.05, 3.63) is 35.4 Å². The predicted molar refractivity (Wildman–Crippen MR) is 84.8 cm³/mol. The highest BCUT2D eigenvalue weighted by molar-refractivity contribution is 5.98. The smallest absolute Gasteiger partial charge is 0.311 e. The summed E-state index contributed by atoms with van der Waals surface area (Å²) in [6, 6.07) is 1.99. The fraction of sp³-hybridized carbons (Fsp3) is 0.471. The van der Waals surface area contributed by atoms with Crippen LogP contribution in [0.5, 0.6) is 0 Å². The number of carboxylic acids is 1. The first-order valence-electron chi connectivity index (χ1n) is 7.94. The Balaban J connectivity index is 2.06. The first-order chi connectivity index (χ1) is 11.7. The molecule has 1 aliphatic rings. The molecule has 1 atom stereocenters. The molecular weight excluding hydrogens is 334 g/mol. The second-order valence-electron chi connectivity index (χ2n) is 6.60. The molecule has 6 nitrogen and oxygen atoms in total. The van der Waals surface area contributed by atoms with Crippen molar-refractivity contribution in [2.24, 2.45) is 11.3 Å². The maximum Gasteiger partial charge on any atom is 0.311 e. The van der Waals surface area contributed by atoms with Crippen LogP contribution in [-0.4, -0.2) is 35.5 Å². The number of halogens is 2. The number of hydrogen-bond acceptors (Lipinski definition) is 3. The van der Waals surface area contributed by atoms with Crippen LogP contribution in [0.4, 0.5) is 8.78 Å². The molecule has 0 bridgehead atoms. The molecule has 1 aromatic rings. The third-order valence-electron chi connectivity index (χ3n) is 4.33. The number of amides is 2. The lowest BCUT2D eigenvalue weighted by atomic mass is 10.0. The number of carboxylic acid groups (broad SMARTS) is 1. The summed E-state index contributed by atoms with van der Waals surface area (Å²) < 4.78 is 27.4. The van der Waals surface area contributed by atoms with E-state index in [2.05, 4.69) is 10.6 Å². The molecule has 1 aliphatic carbocycles. The lowest BCUT2D eigenvalue weighted by Crippen LogP contribution is -2.51. The minimum absolute atomic E-state index is 0.0473. The number of rotatable bonds is 7. The van der Waals surface area contributed by atoms with Crippen LogP contribution in [0.1, 0.15) is 37.0 Å². The highest BCUT2D eigenvalue weighted by Gasteiger charge is 2.50. The molecule has 136 valence electrons. The van der Waals surface area contributed by atoms with Crippen molar-refractivity contribution in [1.82, 2.24) is 10.6 Å². The van der Waals surface area contributed by atoms with E-state index in [9.17, 15) is 23.2 Å². The van der Waals surface area contributed by atoms with E-state index < -0.39 is 46.4 Å². The van der Waals surface area contributed by atoms with E-state index in [0.29, 0.717) is 12.8 Å². The summed E-state index contributed by atoms with van der Waals surface area (Å²) >= 11 is 0. The molecule has 1 unspecified atom stereocenters. The first-order valence-corrected chi connectivity index (χ1v) is 7.94. The van der Waals surface area contributed by atoms with Gasteiger partial charge in [-0.05, 0) is 30.9 Å². The molecule has 1 fully saturated rings. The molecule has 0 heterocycles. The lowest BCUT2D eigenvalue weighted by Gasteiger charge is -2.23. The van der Waals surface area contributed by atoms with E-state index in [4.69, 9.17) is 5.11 Å². The van der Waals surface area contributed by atoms with E-state index in [1.165, 1.54) is 0 Å². The Bertz CT molecular complexity index is 682. The zero-order chi connectivity index (χ0) is 18.8. The number of nitrogens with one attached hydrogen (secondary N) is 2. The summed E-state index contributed by atoms with van der Waals surface area (Å²) in [6.45, 7) is 3.27. The zero-order valence-corrected chi connectivity index (χ0v) is 13.9. The van der Waals surface area contributed by atoms with Gasteiger partial charge in [-0.25, -0.2) is 8.78 Å². The molecule has 1 aromatic carbocycles. The standard InChI is InChI=1S/C17H20F2N2O4/c1-9(2)13(15(23)20-8-17(6-7-17)16(24)25)21-14(22)12-10(18)4-3-5-11(12)19/h3-5,9,13H,6-8H2,1-2H3,(H,20,23)(H,21,22)(H,24,25). The molecule has 8 heteroatoms. The molecule has 3 N–H and O–H groups in total. The van der Waals surface area contributed by atoms with Gasteiger partial charge in [-0.15, -0.1) is 0 Å². The molecule has 25 heavy (non-hydrogen) atoms. The van der Waals surface area contributed by atoms with Gasteiger partial charge in [0.15, 0.2) is 0 Å². The third kappa shape index (κ3) is 4.12. The maximum atomic E-state index is 13.7. The third-order valence-corrected chi connectivity index (χ3v) is 4.33. The van der Waals surface area contributed by atoms with Gasteiger partial charge in [-0.1, -0.05) is 19.9 Å². The Morgan fingerprint density at radius 3 is 2.20 bits per heavy atom. The number of carbonyl (C=O) groups excluding carboxylic acids is 2. The molecule has 0 aliphatic heterocycles. The van der Waals surface area contributed by atoms with Crippen LogP contribution in [0.25, 0.3) is 0 Å². The second kappa shape index (κ2) is 7.16. The van der Waals surface area contributed by atoms with Crippen molar-refractivity contribution >= 4 is 17.8 Å². The van der Waals surface area contributed by atoms with E-state index in [-0.39, 0.29) is 12.5 Å². The Kier molecular flexibility index (Phi) is 5.39. The molecular formula is C17H20F2N2O4. The lowest BCUT2D eigenvalue weighted by molar-refractivity contribution is -0.143. The fourth-order valence-corrected chi connectivity index (χ4v) is 2.45. The van der Waals surface area contributed by atoms with E-state index in [1.54, 1.807) is 13.8 Å². The number of carbonyl (C=O) groups is 3. The number of benzene rings is 1. The quantitative estimate of drug-likeness (QED) is 0.694. The number of aliphatic carboxylic acids is 1. The van der Waals surface area contributed by atoms with E-state index >= 15 is 0 Å². The molecule has 0 spiro atoms. The Morgan fingerprint density at radius 1 is 1.20 bits per heavy atom. The summed E-state index contributed by atoms with van der Waals surface area (Å²) in [5, 5.41) is 13.9. The number of hydrogen-bond donors (Lipinski definition) is 3. The largest absolute Gasteiger partial charge is 0.481 e. The van der Waals surface area contributed by atoms with Gasteiger partial charge in [0.2, 0.25) is 5.91 Å². The van der Waals surface area contributed by atoms with Gasteiger partial charge in [0.05, 0.1) is 5.41 Å². The topological polar surface area (TPSA) is 95.5 Å². The van der Waals surface area contributed by atoms with Crippen LogP contribution in [0.15, 0.2) is 18.2 Å². The van der Waals surface area contributed by atoms with Crippen molar-refractivity contribution in [2.45, 2.75) is 32.7 Å². The summed E-state index contributed by atoms with van der Waals surface area (Å²) in [4.78, 5) is 35.6. The van der Waals surface area contributed by atoms with Gasteiger partial charge >= 0.3 is 5.97 Å². The van der Waals surface area contributed by atoms with Crippen molar-refractivity contribution in [3.8, 4) is 0 Å². The molecule has 1 saturated carbocycles. The van der Waals surface area contributed by atoms with Crippen LogP contribution in [-0.2, 0) is 9.59 Å². The zero-order valence-electron chi connectivity index (χ0n) is 13.9. The average Bonchev–Trinajstić information content (AvgIpc) is 3.31. The van der Waals surface area contributed by atoms with Gasteiger partial charge in [0, 0.05) is 6.54 Å². The van der Waals surface area contributed by atoms with Gasteiger partial charge in [-0.3, -0.25) is 14.4 Å². The Hall–Kier alpha value is -2.51. The molecule has 2 amide bonds. The highest BCUT2D eigenvalue weighted by atomic mass is 19.1. The minimum Gasteiger partial charge on any atom is -0.481 e. The summed E-state index contributed by atoms with van der Waals surface area (Å²) in [5.41, 5.74) is -1.70. The van der Waals surface area contributed by atoms with Crippen molar-refractivity contribution in [3.63, 3.8) is 0 Å². The Labute approximate surface area is 143 Å². The molecule has 0 aromatic heterocycles. The second-order valence-corrected chi connectivity index (χ2v) is 6.60. The van der Waals surface area contributed by atoms with Crippen molar-refractivity contribution in [2.75, 3.05) is 6.54 Å². The molecule has 2 rings (SSSR count). The van der Waals surface area contributed by atoms with Gasteiger partial charge < -0.3 is 15.7 Å². The van der Waals surface area contributed by atoms with E-state index in [1.807, 2.05) is 0 Å². The predicted octanol–water partition coefficient (Wildman–Crippen LogP) is 1.70. The SMILES string of the molecule is CC(C)C(NC(=O)c1c(F)cccc1F)C(=O)NCC1(C(=O)O)CC1. The minimum atomic E-state index is -1.05. The van der Waals surface area contributed by atoms with Crippen LogP contribution < -0.4 is 10.6 Å². The summed E-state index contributed by atoms with van der Waals surface area (Å²) in [7, 11) is 0. The maximum absolute atomic E-state index is 13.7. The first kappa shape index (κ1) is 18.8. The van der Waals surface area contributed by atoms with Crippen LogP contribution in [0, 0.1) is 23.0 Å². The average molecular weight is 354 g/mol. The monoisotopic (exact) mass is 354 g/mol. The normalized spacial score (nSPS) is 16.2. The van der Waals surface area contributed by atoms with Crippen LogP contribution in [0.2, 0.25) is 0 Å². The van der Waals surface area contributed by atoms with Crippen LogP contribution >= 0.6 is 0 Å². The molecule has 0 saturated heterocycles. The summed E-state index contributed by atoms with van der Waals surface area (Å²) in [6.07, 6.45) is 0.948. The molecule has 0 radical (unpaired) electrons.